The highest BCUT2D eigenvalue weighted by molar-refractivity contribution is 6.11. The molecular weight excluding hydrogens is 679 g/mol. The first kappa shape index (κ1) is 43.4. The zero-order chi connectivity index (χ0) is 38.4. The van der Waals surface area contributed by atoms with Gasteiger partial charge in [-0.25, -0.2) is 0 Å². The van der Waals surface area contributed by atoms with Crippen LogP contribution in [0, 0.1) is 0 Å². The maximum atomic E-state index is 14.4. The molecule has 3 atom stereocenters. The van der Waals surface area contributed by atoms with E-state index in [0.717, 1.165) is 154 Å². The van der Waals surface area contributed by atoms with Crippen LogP contribution in [0.15, 0.2) is 18.2 Å². The fourth-order valence-electron chi connectivity index (χ4n) is 8.35. The number of hydrogen-bond donors (Lipinski definition) is 3. The van der Waals surface area contributed by atoms with Crippen LogP contribution in [0.5, 0.6) is 0 Å². The molecule has 1 aromatic carbocycles. The van der Waals surface area contributed by atoms with E-state index in [1.54, 1.807) is 18.2 Å². The second kappa shape index (κ2) is 24.9. The van der Waals surface area contributed by atoms with Crippen molar-refractivity contribution in [3.8, 4) is 0 Å². The van der Waals surface area contributed by atoms with Gasteiger partial charge in [0.1, 0.15) is 0 Å². The Labute approximate surface area is 324 Å². The van der Waals surface area contributed by atoms with Crippen molar-refractivity contribution in [3.63, 3.8) is 0 Å². The van der Waals surface area contributed by atoms with Crippen LogP contribution in [0.3, 0.4) is 0 Å². The molecule has 0 aliphatic carbocycles. The molecule has 0 saturated carbocycles. The van der Waals surface area contributed by atoms with Crippen molar-refractivity contribution in [3.05, 3.63) is 34.9 Å². The maximum Gasteiger partial charge on any atom is 0.220 e. The average Bonchev–Trinajstić information content (AvgIpc) is 3.22. The van der Waals surface area contributed by atoms with Crippen LogP contribution in [0.1, 0.15) is 224 Å². The Bertz CT molecular complexity index is 1200. The lowest BCUT2D eigenvalue weighted by molar-refractivity contribution is -0.122. The van der Waals surface area contributed by atoms with Gasteiger partial charge in [-0.05, 0) is 56.7 Å². The van der Waals surface area contributed by atoms with Crippen molar-refractivity contribution in [1.82, 2.24) is 16.0 Å². The Balaban J connectivity index is 1.68. The molecule has 1 aromatic rings. The number of carbonyl (C=O) groups excluding carboxylic acids is 6. The first-order valence-corrected chi connectivity index (χ1v) is 22.0. The number of nitrogens with one attached hydrogen (secondary N) is 3. The summed E-state index contributed by atoms with van der Waals surface area (Å²) in [5, 5.41) is 9.02. The van der Waals surface area contributed by atoms with Crippen LogP contribution in [0.2, 0.25) is 0 Å². The predicted molar refractivity (Wildman–Crippen MR) is 214 cm³/mol. The van der Waals surface area contributed by atoms with Gasteiger partial charge in [-0.1, -0.05) is 135 Å². The number of carbonyl (C=O) groups is 6. The molecule has 3 unspecified atom stereocenters. The highest BCUT2D eigenvalue weighted by Crippen LogP contribution is 2.23. The number of amides is 3. The van der Waals surface area contributed by atoms with Crippen LogP contribution < -0.4 is 16.0 Å². The molecule has 0 radical (unpaired) electrons. The van der Waals surface area contributed by atoms with Gasteiger partial charge in [0.25, 0.3) is 0 Å². The summed E-state index contributed by atoms with van der Waals surface area (Å²) in [7, 11) is 0. The van der Waals surface area contributed by atoms with Gasteiger partial charge >= 0.3 is 0 Å². The number of hydrogen-bond acceptors (Lipinski definition) is 6. The van der Waals surface area contributed by atoms with Crippen LogP contribution >= 0.6 is 0 Å². The molecule has 300 valence electrons. The second-order valence-corrected chi connectivity index (χ2v) is 16.4. The molecule has 9 heteroatoms. The smallest absolute Gasteiger partial charge is 0.220 e. The van der Waals surface area contributed by atoms with E-state index in [0.29, 0.717) is 38.5 Å². The van der Waals surface area contributed by atoms with E-state index in [9.17, 15) is 28.8 Å². The Kier molecular flexibility index (Phi) is 20.0. The fraction of sp³-hybridized carbons (Fsp3) is 0.733. The van der Waals surface area contributed by atoms with Crippen molar-refractivity contribution in [2.45, 2.75) is 211 Å². The monoisotopic (exact) mass is 748 g/mol. The van der Waals surface area contributed by atoms with E-state index in [4.69, 9.17) is 0 Å². The Morgan fingerprint density at radius 3 is 0.778 bits per heavy atom. The molecule has 3 heterocycles. The van der Waals surface area contributed by atoms with Gasteiger partial charge in [0.2, 0.25) is 17.7 Å². The molecule has 0 spiro atoms. The minimum atomic E-state index is -0.776. The van der Waals surface area contributed by atoms with Gasteiger partial charge in [-0.2, -0.15) is 0 Å². The van der Waals surface area contributed by atoms with Crippen LogP contribution in [0.25, 0.3) is 0 Å². The summed E-state index contributed by atoms with van der Waals surface area (Å²) in [5.74, 6) is -1.43. The van der Waals surface area contributed by atoms with Crippen molar-refractivity contribution < 1.29 is 28.8 Å². The SMILES string of the molecule is O=C1CCCCCCCCCCC(C(=O)c2cc(C(=O)C3CCCCCCCCCCC(=O)N3)cc(C(=O)C3CCCCCCCCCCC(=O)N3)c2)N1. The normalized spacial score (nSPS) is 24.9. The third-order valence-electron chi connectivity index (χ3n) is 11.7. The van der Waals surface area contributed by atoms with E-state index in [1.807, 2.05) is 0 Å². The maximum absolute atomic E-state index is 14.4. The number of Topliss-reactive ketones (excluding diaryl/α,β-unsaturated/α-hetero) is 3. The average molecular weight is 748 g/mol. The molecule has 0 bridgehead atoms. The van der Waals surface area contributed by atoms with Gasteiger partial charge in [-0.3, -0.25) is 28.8 Å². The molecule has 3 aliphatic heterocycles. The quantitative estimate of drug-likeness (QED) is 0.248. The molecule has 3 fully saturated rings. The molecule has 3 amide bonds. The highest BCUT2D eigenvalue weighted by Gasteiger charge is 2.30. The van der Waals surface area contributed by atoms with Gasteiger partial charge in [0.05, 0.1) is 18.1 Å². The summed E-state index contributed by atoms with van der Waals surface area (Å²) in [6.45, 7) is 0. The van der Waals surface area contributed by atoms with Crippen molar-refractivity contribution in [2.24, 2.45) is 0 Å². The van der Waals surface area contributed by atoms with Crippen LogP contribution in [-0.2, 0) is 14.4 Å². The van der Waals surface area contributed by atoms with Crippen LogP contribution in [0.4, 0.5) is 0 Å². The molecule has 3 N–H and O–H groups in total. The molecule has 3 aliphatic rings. The first-order valence-electron chi connectivity index (χ1n) is 22.0. The fourth-order valence-corrected chi connectivity index (χ4v) is 8.35. The van der Waals surface area contributed by atoms with E-state index in [1.165, 1.54) is 0 Å². The Morgan fingerprint density at radius 1 is 0.333 bits per heavy atom. The molecule has 9 nitrogen and oxygen atoms in total. The van der Waals surface area contributed by atoms with Crippen molar-refractivity contribution in [1.29, 1.82) is 0 Å². The molecule has 3 saturated heterocycles. The van der Waals surface area contributed by atoms with Crippen molar-refractivity contribution in [2.75, 3.05) is 0 Å². The minimum Gasteiger partial charge on any atom is -0.346 e. The number of benzene rings is 1. The zero-order valence-electron chi connectivity index (χ0n) is 33.1. The van der Waals surface area contributed by atoms with Gasteiger partial charge < -0.3 is 16.0 Å². The lowest BCUT2D eigenvalue weighted by Crippen LogP contribution is -2.42. The van der Waals surface area contributed by atoms with Crippen LogP contribution in [-0.4, -0.2) is 53.2 Å². The van der Waals surface area contributed by atoms with Crippen molar-refractivity contribution >= 4 is 35.1 Å². The van der Waals surface area contributed by atoms with E-state index < -0.39 is 18.1 Å². The lowest BCUT2D eigenvalue weighted by atomic mass is 9.89. The minimum absolute atomic E-state index is 0.158. The summed E-state index contributed by atoms with van der Waals surface area (Å²) < 4.78 is 0. The Morgan fingerprint density at radius 2 is 0.537 bits per heavy atom. The summed E-state index contributed by atoms with van der Waals surface area (Å²) in [5.41, 5.74) is 0.599. The third kappa shape index (κ3) is 15.8. The van der Waals surface area contributed by atoms with E-state index in [2.05, 4.69) is 16.0 Å². The predicted octanol–water partition coefficient (Wildman–Crippen LogP) is 9.43. The van der Waals surface area contributed by atoms with E-state index >= 15 is 0 Å². The second-order valence-electron chi connectivity index (χ2n) is 16.4. The first-order chi connectivity index (χ1) is 26.3. The molecule has 4 rings (SSSR count). The summed E-state index contributed by atoms with van der Waals surface area (Å²) in [6, 6.07) is 2.35. The van der Waals surface area contributed by atoms with Gasteiger partial charge in [0.15, 0.2) is 17.3 Å². The largest absolute Gasteiger partial charge is 0.346 e. The highest BCUT2D eigenvalue weighted by atomic mass is 16.2. The standard InChI is InChI=1S/C45H69N3O6/c49-40-28-22-16-10-4-1-7-13-19-25-37(46-40)43(52)34-31-35(44(53)38-26-20-14-8-2-5-11-17-23-29-41(50)47-38)33-36(32-34)45(54)39-27-21-15-9-3-6-12-18-24-30-42(51)48-39/h31-33,37-39H,1-30H2,(H,46,49)(H,47,50)(H,48,51). The molecule has 0 aromatic heterocycles. The lowest BCUT2D eigenvalue weighted by Gasteiger charge is -2.22. The van der Waals surface area contributed by atoms with E-state index in [-0.39, 0.29) is 51.8 Å². The third-order valence-corrected chi connectivity index (χ3v) is 11.7. The van der Waals surface area contributed by atoms with Gasteiger partial charge in [-0.15, -0.1) is 0 Å². The molecular formula is C45H69N3O6. The zero-order valence-corrected chi connectivity index (χ0v) is 33.1. The van der Waals surface area contributed by atoms with Gasteiger partial charge in [0, 0.05) is 36.0 Å². The number of ketones is 3. The topological polar surface area (TPSA) is 139 Å². The summed E-state index contributed by atoms with van der Waals surface area (Å²) in [6.07, 6.45) is 26.5. The number of rotatable bonds is 6. The Hall–Kier alpha value is -3.36. The summed E-state index contributed by atoms with van der Waals surface area (Å²) >= 11 is 0. The molecule has 54 heavy (non-hydrogen) atoms. The summed E-state index contributed by atoms with van der Waals surface area (Å²) in [4.78, 5) is 82.5.